The highest BCUT2D eigenvalue weighted by Gasteiger charge is 2.36. The van der Waals surface area contributed by atoms with Crippen LogP contribution in [0.2, 0.25) is 0 Å². The summed E-state index contributed by atoms with van der Waals surface area (Å²) in [4.78, 5) is 8.76. The maximum atomic E-state index is 9.17. The smallest absolute Gasteiger partial charge is 0.143 e. The summed E-state index contributed by atoms with van der Waals surface area (Å²) < 4.78 is 6.39. The number of hydrogen-bond acceptors (Lipinski definition) is 7. The van der Waals surface area contributed by atoms with Gasteiger partial charge in [-0.1, -0.05) is 13.8 Å². The van der Waals surface area contributed by atoms with Crippen molar-refractivity contribution in [3.63, 3.8) is 0 Å². The van der Waals surface area contributed by atoms with Gasteiger partial charge in [0.2, 0.25) is 0 Å². The van der Waals surface area contributed by atoms with E-state index in [4.69, 9.17) is 21.5 Å². The minimum atomic E-state index is -0.229. The number of rotatable bonds is 4. The summed E-state index contributed by atoms with van der Waals surface area (Å²) in [6, 6.07) is 6.49. The predicted octanol–water partition coefficient (Wildman–Crippen LogP) is 3.14. The van der Waals surface area contributed by atoms with Gasteiger partial charge < -0.3 is 21.5 Å². The van der Waals surface area contributed by atoms with Crippen LogP contribution in [0.5, 0.6) is 5.75 Å². The zero-order valence-corrected chi connectivity index (χ0v) is 17.0. The minimum Gasteiger partial charge on any atom is -0.488 e. The fourth-order valence-electron chi connectivity index (χ4n) is 4.64. The number of anilines is 2. The van der Waals surface area contributed by atoms with Crippen LogP contribution < -0.4 is 21.5 Å². The Labute approximate surface area is 171 Å². The molecule has 0 amide bonds. The van der Waals surface area contributed by atoms with Gasteiger partial charge in [-0.25, -0.2) is 9.97 Å². The second kappa shape index (κ2) is 7.53. The van der Waals surface area contributed by atoms with E-state index in [9.17, 15) is 0 Å². The van der Waals surface area contributed by atoms with E-state index in [0.29, 0.717) is 5.82 Å². The molecule has 1 heterocycles. The van der Waals surface area contributed by atoms with Crippen molar-refractivity contribution in [3.8, 4) is 23.1 Å². The van der Waals surface area contributed by atoms with Gasteiger partial charge >= 0.3 is 0 Å². The van der Waals surface area contributed by atoms with Gasteiger partial charge in [0.15, 0.2) is 0 Å². The van der Waals surface area contributed by atoms with Gasteiger partial charge in [-0.05, 0) is 55.2 Å². The van der Waals surface area contributed by atoms with Crippen LogP contribution in [0.25, 0.3) is 11.3 Å². The lowest BCUT2D eigenvalue weighted by Crippen LogP contribution is -2.32. The number of ether oxygens (including phenoxy) is 1. The molecule has 1 aromatic carbocycles. The van der Waals surface area contributed by atoms with Crippen molar-refractivity contribution in [2.45, 2.75) is 63.5 Å². The van der Waals surface area contributed by atoms with Crippen molar-refractivity contribution in [2.75, 3.05) is 17.6 Å². The number of aromatic nitrogens is 2. The molecule has 4 rings (SSSR count). The van der Waals surface area contributed by atoms with Crippen LogP contribution in [0, 0.1) is 11.3 Å². The number of benzene rings is 1. The van der Waals surface area contributed by atoms with Crippen molar-refractivity contribution in [3.05, 3.63) is 29.6 Å². The van der Waals surface area contributed by atoms with Gasteiger partial charge in [0, 0.05) is 17.2 Å². The Hall–Kier alpha value is -2.85. The molecule has 0 aliphatic heterocycles. The van der Waals surface area contributed by atoms with Crippen LogP contribution in [0.3, 0.4) is 0 Å². The molecular formula is C22H28N6O. The van der Waals surface area contributed by atoms with Crippen molar-refractivity contribution in [1.82, 2.24) is 9.97 Å². The summed E-state index contributed by atoms with van der Waals surface area (Å²) in [5, 5.41) is 12.5. The zero-order valence-electron chi connectivity index (χ0n) is 17.0. The van der Waals surface area contributed by atoms with Gasteiger partial charge in [-0.15, -0.1) is 0 Å². The Morgan fingerprint density at radius 3 is 2.72 bits per heavy atom. The molecule has 0 bridgehead atoms. The minimum absolute atomic E-state index is 0.150. The standard InChI is InChI=1S/C22H28N6O/c1-22(2)11-16-15(20-18(22)21(25)28-12-27-20)7-8-17(19(16)26-10-9-23)29-14-5-3-13(24)4-6-14/h7-8,12-14,26H,3-6,10-11,24H2,1-2H3,(H2,25,27,28)/t13-,14-. The number of nitrogens with zero attached hydrogens (tertiary/aromatic N) is 3. The summed E-state index contributed by atoms with van der Waals surface area (Å²) >= 11 is 0. The summed E-state index contributed by atoms with van der Waals surface area (Å²) in [6.45, 7) is 4.51. The molecule has 2 aromatic rings. The van der Waals surface area contributed by atoms with Gasteiger partial charge in [0.25, 0.3) is 0 Å². The van der Waals surface area contributed by atoms with Crippen LogP contribution in [0.4, 0.5) is 11.5 Å². The monoisotopic (exact) mass is 392 g/mol. The fourth-order valence-corrected chi connectivity index (χ4v) is 4.64. The summed E-state index contributed by atoms with van der Waals surface area (Å²) in [5.41, 5.74) is 16.9. The van der Waals surface area contributed by atoms with Crippen molar-refractivity contribution in [1.29, 1.82) is 5.26 Å². The first-order chi connectivity index (χ1) is 13.9. The molecule has 1 fully saturated rings. The van der Waals surface area contributed by atoms with Crippen LogP contribution in [-0.4, -0.2) is 28.7 Å². The highest BCUT2D eigenvalue weighted by Crippen LogP contribution is 2.48. The Bertz CT molecular complexity index is 957. The van der Waals surface area contributed by atoms with E-state index in [2.05, 4.69) is 41.3 Å². The molecule has 1 aromatic heterocycles. The third-order valence-corrected chi connectivity index (χ3v) is 6.06. The lowest BCUT2D eigenvalue weighted by molar-refractivity contribution is 0.148. The number of hydrogen-bond donors (Lipinski definition) is 3. The second-order valence-corrected chi connectivity index (χ2v) is 8.67. The molecule has 29 heavy (non-hydrogen) atoms. The van der Waals surface area contributed by atoms with Gasteiger partial charge in [-0.2, -0.15) is 5.26 Å². The van der Waals surface area contributed by atoms with E-state index in [1.54, 1.807) is 0 Å². The van der Waals surface area contributed by atoms with E-state index in [1.165, 1.54) is 6.33 Å². The summed E-state index contributed by atoms with van der Waals surface area (Å²) in [5.74, 6) is 1.32. The van der Waals surface area contributed by atoms with E-state index in [0.717, 1.165) is 65.9 Å². The quantitative estimate of drug-likeness (QED) is 0.683. The fraction of sp³-hybridized carbons (Fsp3) is 0.500. The first kappa shape index (κ1) is 19.5. The SMILES string of the molecule is CC1(C)Cc2c(ccc(O[C@H]3CC[C@H](N)CC3)c2NCC#N)-c2ncnc(N)c21. The van der Waals surface area contributed by atoms with E-state index in [-0.39, 0.29) is 24.1 Å². The van der Waals surface area contributed by atoms with E-state index in [1.807, 2.05) is 6.07 Å². The molecule has 7 heteroatoms. The van der Waals surface area contributed by atoms with Crippen molar-refractivity contribution in [2.24, 2.45) is 5.73 Å². The molecule has 5 N–H and O–H groups in total. The number of nitrogens with one attached hydrogen (secondary N) is 1. The molecule has 0 unspecified atom stereocenters. The molecule has 1 saturated carbocycles. The summed E-state index contributed by atoms with van der Waals surface area (Å²) in [6.07, 6.45) is 6.28. The number of nitriles is 1. The average Bonchev–Trinajstić information content (AvgIpc) is 2.68. The molecule has 2 aliphatic carbocycles. The maximum Gasteiger partial charge on any atom is 0.143 e. The average molecular weight is 393 g/mol. The first-order valence-corrected chi connectivity index (χ1v) is 10.2. The number of fused-ring (bicyclic) bond motifs is 3. The van der Waals surface area contributed by atoms with Gasteiger partial charge in [-0.3, -0.25) is 0 Å². The molecule has 152 valence electrons. The first-order valence-electron chi connectivity index (χ1n) is 10.2. The third-order valence-electron chi connectivity index (χ3n) is 6.06. The lowest BCUT2D eigenvalue weighted by Gasteiger charge is -2.36. The molecule has 0 atom stereocenters. The summed E-state index contributed by atoms with van der Waals surface area (Å²) in [7, 11) is 0. The molecule has 7 nitrogen and oxygen atoms in total. The number of nitrogen functional groups attached to an aromatic ring is 1. The molecule has 0 radical (unpaired) electrons. The highest BCUT2D eigenvalue weighted by molar-refractivity contribution is 5.82. The second-order valence-electron chi connectivity index (χ2n) is 8.67. The maximum absolute atomic E-state index is 9.17. The van der Waals surface area contributed by atoms with Gasteiger partial charge in [0.05, 0.1) is 23.6 Å². The van der Waals surface area contributed by atoms with E-state index < -0.39 is 0 Å². The Morgan fingerprint density at radius 2 is 2.00 bits per heavy atom. The van der Waals surface area contributed by atoms with Crippen LogP contribution in [-0.2, 0) is 11.8 Å². The molecular weight excluding hydrogens is 364 g/mol. The molecule has 2 aliphatic rings. The largest absolute Gasteiger partial charge is 0.488 e. The predicted molar refractivity (Wildman–Crippen MR) is 114 cm³/mol. The number of nitrogens with two attached hydrogens (primary N) is 2. The van der Waals surface area contributed by atoms with Crippen LogP contribution in [0.15, 0.2) is 18.5 Å². The third kappa shape index (κ3) is 3.60. The van der Waals surface area contributed by atoms with Gasteiger partial charge in [0.1, 0.15) is 24.4 Å². The lowest BCUT2D eigenvalue weighted by atomic mass is 9.71. The highest BCUT2D eigenvalue weighted by atomic mass is 16.5. The Kier molecular flexibility index (Phi) is 5.05. The van der Waals surface area contributed by atoms with Crippen molar-refractivity contribution >= 4 is 11.5 Å². The topological polar surface area (TPSA) is 123 Å². The Morgan fingerprint density at radius 1 is 1.24 bits per heavy atom. The molecule has 0 saturated heterocycles. The molecule has 0 spiro atoms. The Balaban J connectivity index is 1.78. The van der Waals surface area contributed by atoms with Crippen LogP contribution in [0.1, 0.15) is 50.7 Å². The normalized spacial score (nSPS) is 22.1. The van der Waals surface area contributed by atoms with E-state index >= 15 is 0 Å². The van der Waals surface area contributed by atoms with Crippen molar-refractivity contribution < 1.29 is 4.74 Å². The van der Waals surface area contributed by atoms with Crippen LogP contribution >= 0.6 is 0 Å². The zero-order chi connectivity index (χ0) is 20.6.